The molecule has 70 heavy (non-hydrogen) atoms. The number of hydrogen-bond donors (Lipinski definition) is 2. The maximum Gasteiger partial charge on any atom is 0.338 e. The first kappa shape index (κ1) is 54.7. The van der Waals surface area contributed by atoms with E-state index in [2.05, 4.69) is 99.6 Å². The van der Waals surface area contributed by atoms with Gasteiger partial charge in [0.2, 0.25) is 0 Å². The maximum absolute atomic E-state index is 12.2. The largest absolute Gasteiger partial charge is 0.507 e. The van der Waals surface area contributed by atoms with Gasteiger partial charge in [-0.3, -0.25) is 4.79 Å². The van der Waals surface area contributed by atoms with Gasteiger partial charge < -0.3 is 33.9 Å². The molecular formula is C57H50Br4O9. The van der Waals surface area contributed by atoms with Crippen molar-refractivity contribution in [1.29, 1.82) is 0 Å². The molecule has 0 unspecified atom stereocenters. The number of rotatable bonds is 16. The minimum absolute atomic E-state index is 0.0393. The van der Waals surface area contributed by atoms with Crippen LogP contribution < -0.4 is 18.9 Å². The highest BCUT2D eigenvalue weighted by atomic mass is 79.9. The third-order valence-electron chi connectivity index (χ3n) is 9.78. The van der Waals surface area contributed by atoms with Crippen LogP contribution in [0.4, 0.5) is 0 Å². The van der Waals surface area contributed by atoms with Crippen LogP contribution in [0.5, 0.6) is 28.7 Å². The number of ether oxygens (including phenoxy) is 5. The zero-order valence-electron chi connectivity index (χ0n) is 38.1. The zero-order valence-corrected chi connectivity index (χ0v) is 44.4. The second-order valence-electron chi connectivity index (χ2n) is 14.9. The summed E-state index contributed by atoms with van der Waals surface area (Å²) in [7, 11) is 0. The van der Waals surface area contributed by atoms with E-state index >= 15 is 0 Å². The number of esters is 1. The predicted octanol–water partition coefficient (Wildman–Crippen LogP) is 15.2. The highest BCUT2D eigenvalue weighted by Crippen LogP contribution is 2.30. The zero-order chi connectivity index (χ0) is 49.9. The fraction of sp³-hybridized carbons (Fsp3) is 0.123. The van der Waals surface area contributed by atoms with Crippen LogP contribution in [0.2, 0.25) is 0 Å². The van der Waals surface area contributed by atoms with Crippen molar-refractivity contribution < 1.29 is 43.5 Å². The van der Waals surface area contributed by atoms with Gasteiger partial charge in [0.25, 0.3) is 6.47 Å². The second kappa shape index (κ2) is 30.4. The average Bonchev–Trinajstić information content (AvgIpc) is 3.39. The van der Waals surface area contributed by atoms with E-state index in [-0.39, 0.29) is 24.9 Å². The number of carbonyl (C=O) groups excluding carboxylic acids is 2. The molecule has 0 aliphatic carbocycles. The number of carbonyl (C=O) groups is 2. The van der Waals surface area contributed by atoms with E-state index < -0.39 is 0 Å². The molecule has 8 aromatic rings. The highest BCUT2D eigenvalue weighted by molar-refractivity contribution is 9.11. The van der Waals surface area contributed by atoms with E-state index in [1.807, 2.05) is 133 Å². The first-order valence-electron chi connectivity index (χ1n) is 21.8. The molecule has 0 aliphatic rings. The lowest BCUT2D eigenvalue weighted by atomic mass is 10.2. The Hall–Kier alpha value is -6.22. The van der Waals surface area contributed by atoms with Crippen LogP contribution in [0.15, 0.2) is 212 Å². The van der Waals surface area contributed by atoms with Crippen molar-refractivity contribution in [3.05, 3.63) is 251 Å². The van der Waals surface area contributed by atoms with Gasteiger partial charge >= 0.3 is 5.97 Å². The Bertz CT molecular complexity index is 2720. The number of aryl methyl sites for hydroxylation is 1. The van der Waals surface area contributed by atoms with Crippen LogP contribution in [0, 0.1) is 0 Å². The smallest absolute Gasteiger partial charge is 0.338 e. The predicted molar refractivity (Wildman–Crippen MR) is 288 cm³/mol. The number of hydrogen-bond acceptors (Lipinski definition) is 9. The molecule has 9 nitrogen and oxygen atoms in total. The third-order valence-corrected chi connectivity index (χ3v) is 12.3. The molecule has 13 heteroatoms. The maximum atomic E-state index is 12.2. The summed E-state index contributed by atoms with van der Waals surface area (Å²) in [6.45, 7) is 4.38. The van der Waals surface area contributed by atoms with Gasteiger partial charge in [-0.1, -0.05) is 140 Å². The third kappa shape index (κ3) is 19.3. The van der Waals surface area contributed by atoms with Crippen LogP contribution >= 0.6 is 63.7 Å². The van der Waals surface area contributed by atoms with Crippen molar-refractivity contribution in [2.45, 2.75) is 46.4 Å². The number of phenolic OH excluding ortho intramolecular Hbond substituents is 1. The van der Waals surface area contributed by atoms with Gasteiger partial charge in [0.15, 0.2) is 0 Å². The standard InChI is InChI=1S/C21H17BrO3.C15H15BrO.C14H13BrO2.C7H5BrO3/c22-19-13-18(21(23)25-15-17-9-5-2-6-10-17)11-12-20(19)24-14-16-7-3-1-4-8-16;1-2-12-8-9-15(14(16)10-12)17-11-13-6-4-3-5-7-13;15-13-8-12(9-16)6-7-14(13)17-10-11-4-2-1-3-5-11;8-6-3-5(11-4-9)1-2-7(6)10/h1-13H,14-15H2;3-10H,2,11H2,1H3;1-8,16H,9-10H2;1-4,10H. The molecule has 0 spiro atoms. The molecule has 0 aromatic heterocycles. The minimum Gasteiger partial charge on any atom is -0.507 e. The molecule has 0 bridgehead atoms. The lowest BCUT2D eigenvalue weighted by Crippen LogP contribution is -2.05. The molecule has 0 atom stereocenters. The Balaban J connectivity index is 0.000000181. The monoisotopic (exact) mass is 1190 g/mol. The fourth-order valence-electron chi connectivity index (χ4n) is 6.01. The van der Waals surface area contributed by atoms with Gasteiger partial charge in [-0.2, -0.15) is 0 Å². The van der Waals surface area contributed by atoms with E-state index in [1.165, 1.54) is 29.3 Å². The van der Waals surface area contributed by atoms with Crippen molar-refractivity contribution in [3.63, 3.8) is 0 Å². The SMILES string of the molecule is CCc1ccc(OCc2ccccc2)c(Br)c1.O=C(OCc1ccccc1)c1ccc(OCc2ccccc2)c(Br)c1.O=COc1ccc(O)c(Br)c1.OCc1ccc(OCc2ccccc2)c(Br)c1. The van der Waals surface area contributed by atoms with Gasteiger partial charge in [-0.15, -0.1) is 0 Å². The Morgan fingerprint density at radius 1 is 0.471 bits per heavy atom. The fourth-order valence-corrected chi connectivity index (χ4v) is 7.95. The molecular weight excluding hydrogens is 1150 g/mol. The lowest BCUT2D eigenvalue weighted by Gasteiger charge is -2.10. The number of phenols is 1. The summed E-state index contributed by atoms with van der Waals surface area (Å²) in [6.07, 6.45) is 1.04. The quantitative estimate of drug-likeness (QED) is 0.0720. The van der Waals surface area contributed by atoms with Gasteiger partial charge in [-0.25, -0.2) is 4.79 Å². The Labute approximate surface area is 442 Å². The number of benzene rings is 8. The van der Waals surface area contributed by atoms with E-state index in [0.29, 0.717) is 47.8 Å². The number of aromatic hydroxyl groups is 1. The summed E-state index contributed by atoms with van der Waals surface area (Å²) in [5.74, 6) is 2.51. The molecule has 0 radical (unpaired) electrons. The summed E-state index contributed by atoms with van der Waals surface area (Å²) < 4.78 is 30.2. The van der Waals surface area contributed by atoms with Gasteiger partial charge in [0.05, 0.1) is 30.1 Å². The van der Waals surface area contributed by atoms with E-state index in [1.54, 1.807) is 18.2 Å². The number of halogens is 4. The molecule has 0 saturated heterocycles. The van der Waals surface area contributed by atoms with Crippen LogP contribution in [0.3, 0.4) is 0 Å². The van der Waals surface area contributed by atoms with E-state index in [9.17, 15) is 9.59 Å². The van der Waals surface area contributed by atoms with Crippen molar-refractivity contribution in [3.8, 4) is 28.7 Å². The first-order chi connectivity index (χ1) is 34.0. The Kier molecular flexibility index (Phi) is 23.8. The molecule has 0 aliphatic heterocycles. The topological polar surface area (TPSA) is 121 Å². The molecule has 2 N–H and O–H groups in total. The summed E-state index contributed by atoms with van der Waals surface area (Å²) >= 11 is 13.5. The Morgan fingerprint density at radius 3 is 1.29 bits per heavy atom. The molecule has 8 rings (SSSR count). The molecule has 8 aromatic carbocycles. The summed E-state index contributed by atoms with van der Waals surface area (Å²) in [6, 6.07) is 61.1. The van der Waals surface area contributed by atoms with Crippen LogP contribution in [0.1, 0.15) is 50.7 Å². The summed E-state index contributed by atoms with van der Waals surface area (Å²) in [4.78, 5) is 22.0. The van der Waals surface area contributed by atoms with Crippen molar-refractivity contribution >= 4 is 76.2 Å². The average molecular weight is 1200 g/mol. The van der Waals surface area contributed by atoms with Crippen LogP contribution in [0.25, 0.3) is 0 Å². The van der Waals surface area contributed by atoms with E-state index in [0.717, 1.165) is 53.6 Å². The summed E-state index contributed by atoms with van der Waals surface area (Å²) in [5, 5.41) is 18.0. The van der Waals surface area contributed by atoms with Crippen molar-refractivity contribution in [1.82, 2.24) is 0 Å². The highest BCUT2D eigenvalue weighted by Gasteiger charge is 2.12. The van der Waals surface area contributed by atoms with Crippen LogP contribution in [-0.2, 0) is 49.0 Å². The normalized spacial score (nSPS) is 10.1. The molecule has 360 valence electrons. The van der Waals surface area contributed by atoms with Gasteiger partial charge in [0.1, 0.15) is 55.2 Å². The molecule has 0 fully saturated rings. The lowest BCUT2D eigenvalue weighted by molar-refractivity contribution is -0.120. The van der Waals surface area contributed by atoms with Gasteiger partial charge in [-0.05, 0) is 164 Å². The van der Waals surface area contributed by atoms with Crippen LogP contribution in [-0.4, -0.2) is 22.7 Å². The van der Waals surface area contributed by atoms with Crippen molar-refractivity contribution in [2.75, 3.05) is 0 Å². The molecule has 0 amide bonds. The minimum atomic E-state index is -0.362. The first-order valence-corrected chi connectivity index (χ1v) is 25.0. The molecule has 0 heterocycles. The number of aliphatic hydroxyl groups excluding tert-OH is 1. The second-order valence-corrected chi connectivity index (χ2v) is 18.3. The number of aliphatic hydroxyl groups is 1. The summed E-state index contributed by atoms with van der Waals surface area (Å²) in [5.41, 5.74) is 7.01. The van der Waals surface area contributed by atoms with E-state index in [4.69, 9.17) is 29.2 Å². The van der Waals surface area contributed by atoms with Gasteiger partial charge in [0, 0.05) is 0 Å². The van der Waals surface area contributed by atoms with Crippen molar-refractivity contribution in [2.24, 2.45) is 0 Å². The molecule has 0 saturated carbocycles. The Morgan fingerprint density at radius 2 is 0.886 bits per heavy atom.